The Hall–Kier alpha value is -0.120. The van der Waals surface area contributed by atoms with E-state index in [-0.39, 0.29) is 6.10 Å². The van der Waals surface area contributed by atoms with Gasteiger partial charge in [-0.15, -0.1) is 0 Å². The predicted octanol–water partition coefficient (Wildman–Crippen LogP) is 0.121. The van der Waals surface area contributed by atoms with Crippen LogP contribution in [0.15, 0.2) is 0 Å². The highest BCUT2D eigenvalue weighted by molar-refractivity contribution is 4.54. The van der Waals surface area contributed by atoms with E-state index in [1.54, 1.807) is 0 Å². The van der Waals surface area contributed by atoms with Crippen LogP contribution in [0.3, 0.4) is 0 Å². The van der Waals surface area contributed by atoms with Gasteiger partial charge in [-0.25, -0.2) is 0 Å². The van der Waals surface area contributed by atoms with Gasteiger partial charge in [-0.05, 0) is 26.8 Å². The standard InChI is InChI=1S/C7H17NO2/c1-6(2)10-5-7(9)3-4-8/h6-7,9H,3-5,8H2,1-2H3. The number of hydrogen-bond acceptors (Lipinski definition) is 3. The number of hydrogen-bond donors (Lipinski definition) is 2. The fraction of sp³-hybridized carbons (Fsp3) is 1.00. The molecular weight excluding hydrogens is 130 g/mol. The van der Waals surface area contributed by atoms with Gasteiger partial charge in [0, 0.05) is 0 Å². The fourth-order valence-corrected chi connectivity index (χ4v) is 0.579. The molecule has 0 aliphatic carbocycles. The number of ether oxygens (including phenoxy) is 1. The summed E-state index contributed by atoms with van der Waals surface area (Å²) in [5.74, 6) is 0. The molecule has 0 bridgehead atoms. The molecule has 1 unspecified atom stereocenters. The van der Waals surface area contributed by atoms with Crippen LogP contribution in [-0.4, -0.2) is 30.5 Å². The minimum absolute atomic E-state index is 0.187. The molecule has 0 aromatic carbocycles. The van der Waals surface area contributed by atoms with E-state index in [9.17, 15) is 0 Å². The zero-order chi connectivity index (χ0) is 7.98. The normalized spacial score (nSPS) is 14.1. The van der Waals surface area contributed by atoms with E-state index in [0.29, 0.717) is 19.6 Å². The van der Waals surface area contributed by atoms with Gasteiger partial charge in [0.1, 0.15) is 0 Å². The van der Waals surface area contributed by atoms with Crippen molar-refractivity contribution >= 4 is 0 Å². The third-order valence-corrected chi connectivity index (χ3v) is 1.12. The van der Waals surface area contributed by atoms with Crippen molar-refractivity contribution in [3.63, 3.8) is 0 Å². The third-order valence-electron chi connectivity index (χ3n) is 1.12. The first-order chi connectivity index (χ1) is 4.66. The van der Waals surface area contributed by atoms with Crippen molar-refractivity contribution in [3.8, 4) is 0 Å². The molecule has 0 rings (SSSR count). The first kappa shape index (κ1) is 9.88. The maximum absolute atomic E-state index is 9.09. The second-order valence-electron chi connectivity index (χ2n) is 2.61. The van der Waals surface area contributed by atoms with Gasteiger partial charge < -0.3 is 15.6 Å². The molecule has 0 amide bonds. The maximum Gasteiger partial charge on any atom is 0.0785 e. The molecule has 1 atom stereocenters. The van der Waals surface area contributed by atoms with Crippen molar-refractivity contribution in [1.82, 2.24) is 0 Å². The highest BCUT2D eigenvalue weighted by Gasteiger charge is 2.02. The minimum atomic E-state index is -0.396. The first-order valence-electron chi connectivity index (χ1n) is 3.66. The summed E-state index contributed by atoms with van der Waals surface area (Å²) in [6, 6.07) is 0. The van der Waals surface area contributed by atoms with Gasteiger partial charge >= 0.3 is 0 Å². The molecule has 0 spiro atoms. The van der Waals surface area contributed by atoms with Crippen molar-refractivity contribution in [2.75, 3.05) is 13.2 Å². The predicted molar refractivity (Wildman–Crippen MR) is 40.8 cm³/mol. The van der Waals surface area contributed by atoms with Crippen LogP contribution in [0.2, 0.25) is 0 Å². The summed E-state index contributed by atoms with van der Waals surface area (Å²) in [7, 11) is 0. The Morgan fingerprint density at radius 2 is 2.10 bits per heavy atom. The van der Waals surface area contributed by atoms with E-state index in [0.717, 1.165) is 0 Å². The van der Waals surface area contributed by atoms with Crippen molar-refractivity contribution in [2.24, 2.45) is 5.73 Å². The van der Waals surface area contributed by atoms with E-state index in [1.165, 1.54) is 0 Å². The van der Waals surface area contributed by atoms with Gasteiger partial charge in [-0.3, -0.25) is 0 Å². The Balaban J connectivity index is 3.12. The van der Waals surface area contributed by atoms with Gasteiger partial charge in [0.25, 0.3) is 0 Å². The quantitative estimate of drug-likeness (QED) is 0.580. The molecule has 62 valence electrons. The second kappa shape index (κ2) is 5.65. The SMILES string of the molecule is CC(C)OCC(O)CCN. The zero-order valence-corrected chi connectivity index (χ0v) is 6.71. The molecule has 3 N–H and O–H groups in total. The summed E-state index contributed by atoms with van der Waals surface area (Å²) < 4.78 is 5.15. The summed E-state index contributed by atoms with van der Waals surface area (Å²) in [6.45, 7) is 4.79. The smallest absolute Gasteiger partial charge is 0.0785 e. The molecule has 0 aliphatic rings. The molecule has 0 saturated carbocycles. The Kier molecular flexibility index (Phi) is 5.58. The minimum Gasteiger partial charge on any atom is -0.391 e. The van der Waals surface area contributed by atoms with Gasteiger partial charge in [-0.1, -0.05) is 0 Å². The van der Waals surface area contributed by atoms with Gasteiger partial charge in [0.2, 0.25) is 0 Å². The van der Waals surface area contributed by atoms with Gasteiger partial charge in [0.15, 0.2) is 0 Å². The number of rotatable bonds is 5. The zero-order valence-electron chi connectivity index (χ0n) is 6.71. The molecule has 0 heterocycles. The summed E-state index contributed by atoms with van der Waals surface area (Å²) in [5, 5.41) is 9.09. The van der Waals surface area contributed by atoms with E-state index < -0.39 is 6.10 Å². The van der Waals surface area contributed by atoms with E-state index in [1.807, 2.05) is 13.8 Å². The Bertz CT molecular complexity index is 76.0. The van der Waals surface area contributed by atoms with Crippen molar-refractivity contribution in [3.05, 3.63) is 0 Å². The van der Waals surface area contributed by atoms with Crippen LogP contribution < -0.4 is 5.73 Å². The Labute approximate surface area is 62.2 Å². The van der Waals surface area contributed by atoms with Crippen LogP contribution in [0.4, 0.5) is 0 Å². The number of nitrogens with two attached hydrogens (primary N) is 1. The van der Waals surface area contributed by atoms with Crippen LogP contribution in [-0.2, 0) is 4.74 Å². The highest BCUT2D eigenvalue weighted by atomic mass is 16.5. The largest absolute Gasteiger partial charge is 0.391 e. The number of aliphatic hydroxyl groups is 1. The average Bonchev–Trinajstić information content (AvgIpc) is 1.85. The molecule has 0 aromatic rings. The highest BCUT2D eigenvalue weighted by Crippen LogP contribution is 1.94. The van der Waals surface area contributed by atoms with Gasteiger partial charge in [-0.2, -0.15) is 0 Å². The van der Waals surface area contributed by atoms with Crippen molar-refractivity contribution < 1.29 is 9.84 Å². The Morgan fingerprint density at radius 3 is 2.50 bits per heavy atom. The maximum atomic E-state index is 9.09. The summed E-state index contributed by atoms with van der Waals surface area (Å²) in [4.78, 5) is 0. The van der Waals surface area contributed by atoms with Crippen LogP contribution >= 0.6 is 0 Å². The Morgan fingerprint density at radius 1 is 1.50 bits per heavy atom. The fourth-order valence-electron chi connectivity index (χ4n) is 0.579. The van der Waals surface area contributed by atoms with E-state index in [4.69, 9.17) is 15.6 Å². The molecule has 3 nitrogen and oxygen atoms in total. The lowest BCUT2D eigenvalue weighted by molar-refractivity contribution is 0.00372. The van der Waals surface area contributed by atoms with E-state index in [2.05, 4.69) is 0 Å². The van der Waals surface area contributed by atoms with Crippen LogP contribution in [0.1, 0.15) is 20.3 Å². The van der Waals surface area contributed by atoms with Crippen molar-refractivity contribution in [1.29, 1.82) is 0 Å². The summed E-state index contributed by atoms with van der Waals surface area (Å²) in [5.41, 5.74) is 5.22. The molecule has 0 saturated heterocycles. The van der Waals surface area contributed by atoms with Gasteiger partial charge in [0.05, 0.1) is 18.8 Å². The molecule has 3 heteroatoms. The molecule has 0 radical (unpaired) electrons. The van der Waals surface area contributed by atoms with Crippen LogP contribution in [0.25, 0.3) is 0 Å². The monoisotopic (exact) mass is 147 g/mol. The lowest BCUT2D eigenvalue weighted by atomic mass is 10.3. The molecule has 0 aliphatic heterocycles. The summed E-state index contributed by atoms with van der Waals surface area (Å²) >= 11 is 0. The number of aliphatic hydroxyl groups excluding tert-OH is 1. The molecule has 0 fully saturated rings. The molecule has 0 aromatic heterocycles. The third kappa shape index (κ3) is 6.01. The topological polar surface area (TPSA) is 55.5 Å². The lowest BCUT2D eigenvalue weighted by Gasteiger charge is -2.11. The first-order valence-corrected chi connectivity index (χ1v) is 3.66. The second-order valence-corrected chi connectivity index (χ2v) is 2.61. The lowest BCUT2D eigenvalue weighted by Crippen LogP contribution is -2.21. The molecular formula is C7H17NO2. The van der Waals surface area contributed by atoms with E-state index >= 15 is 0 Å². The van der Waals surface area contributed by atoms with Crippen molar-refractivity contribution in [2.45, 2.75) is 32.5 Å². The average molecular weight is 147 g/mol. The van der Waals surface area contributed by atoms with Crippen LogP contribution in [0.5, 0.6) is 0 Å². The van der Waals surface area contributed by atoms with Crippen LogP contribution in [0, 0.1) is 0 Å². The summed E-state index contributed by atoms with van der Waals surface area (Å²) in [6.07, 6.45) is 0.409. The molecule has 10 heavy (non-hydrogen) atoms.